The maximum absolute atomic E-state index is 13.2. The van der Waals surface area contributed by atoms with Crippen LogP contribution in [0.5, 0.6) is 0 Å². The van der Waals surface area contributed by atoms with Gasteiger partial charge in [0.2, 0.25) is 0 Å². The molecule has 0 radical (unpaired) electrons. The summed E-state index contributed by atoms with van der Waals surface area (Å²) in [6.07, 6.45) is 3.97. The van der Waals surface area contributed by atoms with Crippen molar-refractivity contribution >= 4 is 11.5 Å². The summed E-state index contributed by atoms with van der Waals surface area (Å²) in [5.74, 6) is 0.138. The number of rotatable bonds is 3. The summed E-state index contributed by atoms with van der Waals surface area (Å²) in [4.78, 5) is 15.8. The molecule has 0 fully saturated rings. The van der Waals surface area contributed by atoms with Crippen LogP contribution in [0.1, 0.15) is 21.7 Å². The van der Waals surface area contributed by atoms with E-state index >= 15 is 0 Å². The van der Waals surface area contributed by atoms with Crippen LogP contribution in [0.15, 0.2) is 48.8 Å². The van der Waals surface area contributed by atoms with Crippen molar-refractivity contribution in [3.8, 4) is 0 Å². The lowest BCUT2D eigenvalue weighted by Gasteiger charge is -2.04. The minimum Gasteiger partial charge on any atom is -0.465 e. The maximum Gasteiger partial charge on any atom is 0.337 e. The molecule has 3 aromatic rings. The predicted molar refractivity (Wildman–Crippen MR) is 75.7 cm³/mol. The lowest BCUT2D eigenvalue weighted by Crippen LogP contribution is -2.03. The van der Waals surface area contributed by atoms with Gasteiger partial charge in [-0.25, -0.2) is 14.2 Å². The van der Waals surface area contributed by atoms with E-state index in [4.69, 9.17) is 4.74 Å². The third kappa shape index (κ3) is 2.63. The van der Waals surface area contributed by atoms with Crippen LogP contribution in [0.2, 0.25) is 0 Å². The second-order valence-corrected chi connectivity index (χ2v) is 4.68. The minimum absolute atomic E-state index is 0.263. The van der Waals surface area contributed by atoms with E-state index in [1.807, 2.05) is 10.5 Å². The van der Waals surface area contributed by atoms with E-state index in [0.29, 0.717) is 12.0 Å². The van der Waals surface area contributed by atoms with Gasteiger partial charge in [-0.2, -0.15) is 0 Å². The third-order valence-corrected chi connectivity index (χ3v) is 3.28. The number of pyridine rings is 1. The van der Waals surface area contributed by atoms with Crippen LogP contribution in [0.25, 0.3) is 5.52 Å². The zero-order chi connectivity index (χ0) is 14.8. The van der Waals surface area contributed by atoms with Gasteiger partial charge in [0.15, 0.2) is 0 Å². The molecule has 0 aliphatic rings. The SMILES string of the molecule is COC(=O)c1ccn2c(Cc3cccc(F)c3)ncc2c1. The summed E-state index contributed by atoms with van der Waals surface area (Å²) >= 11 is 0. The number of carbonyl (C=O) groups is 1. The normalized spacial score (nSPS) is 10.8. The average Bonchev–Trinajstić information content (AvgIpc) is 2.89. The fourth-order valence-electron chi connectivity index (χ4n) is 2.26. The van der Waals surface area contributed by atoms with Crippen LogP contribution in [0.4, 0.5) is 4.39 Å². The Morgan fingerprint density at radius 2 is 2.19 bits per heavy atom. The molecule has 0 aliphatic heterocycles. The van der Waals surface area contributed by atoms with Gasteiger partial charge in [-0.1, -0.05) is 12.1 Å². The Labute approximate surface area is 120 Å². The summed E-state index contributed by atoms with van der Waals surface area (Å²) in [7, 11) is 1.35. The largest absolute Gasteiger partial charge is 0.465 e. The number of halogens is 1. The zero-order valence-corrected chi connectivity index (χ0v) is 11.4. The molecule has 106 valence electrons. The van der Waals surface area contributed by atoms with E-state index in [0.717, 1.165) is 16.9 Å². The first kappa shape index (κ1) is 13.3. The summed E-state index contributed by atoms with van der Waals surface area (Å²) in [5, 5.41) is 0. The molecule has 2 aromatic heterocycles. The monoisotopic (exact) mass is 284 g/mol. The molecule has 0 saturated heterocycles. The molecule has 0 aliphatic carbocycles. The van der Waals surface area contributed by atoms with Crippen molar-refractivity contribution in [2.75, 3.05) is 7.11 Å². The van der Waals surface area contributed by atoms with E-state index < -0.39 is 0 Å². The highest BCUT2D eigenvalue weighted by molar-refractivity contribution is 5.90. The molecule has 4 nitrogen and oxygen atoms in total. The van der Waals surface area contributed by atoms with Gasteiger partial charge in [-0.15, -0.1) is 0 Å². The number of benzene rings is 1. The first-order valence-electron chi connectivity index (χ1n) is 6.46. The number of carbonyl (C=O) groups excluding carboxylic acids is 1. The molecular weight excluding hydrogens is 271 g/mol. The Bertz CT molecular complexity index is 811. The van der Waals surface area contributed by atoms with Crippen molar-refractivity contribution in [2.45, 2.75) is 6.42 Å². The van der Waals surface area contributed by atoms with Crippen LogP contribution in [0.3, 0.4) is 0 Å². The summed E-state index contributed by atoms with van der Waals surface area (Å²) in [6, 6.07) is 9.83. The van der Waals surface area contributed by atoms with Crippen LogP contribution in [-0.2, 0) is 11.2 Å². The van der Waals surface area contributed by atoms with Gasteiger partial charge in [0.1, 0.15) is 11.6 Å². The van der Waals surface area contributed by atoms with Crippen LogP contribution >= 0.6 is 0 Å². The van der Waals surface area contributed by atoms with Crippen LogP contribution < -0.4 is 0 Å². The fraction of sp³-hybridized carbons (Fsp3) is 0.125. The molecule has 0 atom stereocenters. The lowest BCUT2D eigenvalue weighted by molar-refractivity contribution is 0.0600. The number of nitrogens with zero attached hydrogens (tertiary/aromatic N) is 2. The van der Waals surface area contributed by atoms with Crippen molar-refractivity contribution < 1.29 is 13.9 Å². The summed E-state index contributed by atoms with van der Waals surface area (Å²) in [6.45, 7) is 0. The Kier molecular flexibility index (Phi) is 3.39. The number of methoxy groups -OCH3 is 1. The van der Waals surface area contributed by atoms with Gasteiger partial charge in [0.05, 0.1) is 24.4 Å². The predicted octanol–water partition coefficient (Wildman–Crippen LogP) is 2.85. The van der Waals surface area contributed by atoms with E-state index in [1.165, 1.54) is 19.2 Å². The molecule has 0 bridgehead atoms. The van der Waals surface area contributed by atoms with Gasteiger partial charge in [-0.3, -0.25) is 0 Å². The fourth-order valence-corrected chi connectivity index (χ4v) is 2.26. The third-order valence-electron chi connectivity index (χ3n) is 3.28. The van der Waals surface area contributed by atoms with Crippen molar-refractivity contribution in [1.82, 2.24) is 9.38 Å². The highest BCUT2D eigenvalue weighted by atomic mass is 19.1. The number of imidazole rings is 1. The molecule has 0 saturated carbocycles. The topological polar surface area (TPSA) is 43.6 Å². The molecule has 0 spiro atoms. The number of esters is 1. The average molecular weight is 284 g/mol. The van der Waals surface area contributed by atoms with Gasteiger partial charge in [-0.05, 0) is 29.8 Å². The lowest BCUT2D eigenvalue weighted by atomic mass is 10.1. The number of ether oxygens (including phenoxy) is 1. The summed E-state index contributed by atoms with van der Waals surface area (Å²) in [5.41, 5.74) is 2.12. The van der Waals surface area contributed by atoms with Gasteiger partial charge >= 0.3 is 5.97 Å². The zero-order valence-electron chi connectivity index (χ0n) is 11.4. The Hall–Kier alpha value is -2.69. The molecule has 1 aromatic carbocycles. The standard InChI is InChI=1S/C16H13FN2O2/c1-21-16(20)12-5-6-19-14(9-12)10-18-15(19)8-11-3-2-4-13(17)7-11/h2-7,9-10H,8H2,1H3. The van der Waals surface area contributed by atoms with Gasteiger partial charge in [0.25, 0.3) is 0 Å². The molecule has 0 amide bonds. The molecule has 0 unspecified atom stereocenters. The quantitative estimate of drug-likeness (QED) is 0.695. The highest BCUT2D eigenvalue weighted by Gasteiger charge is 2.09. The molecular formula is C16H13FN2O2. The van der Waals surface area contributed by atoms with Gasteiger partial charge in [0, 0.05) is 12.6 Å². The second kappa shape index (κ2) is 5.36. The van der Waals surface area contributed by atoms with Crippen molar-refractivity contribution in [1.29, 1.82) is 0 Å². The first-order valence-corrected chi connectivity index (χ1v) is 6.46. The summed E-state index contributed by atoms with van der Waals surface area (Å²) < 4.78 is 19.8. The maximum atomic E-state index is 13.2. The van der Waals surface area contributed by atoms with Gasteiger partial charge < -0.3 is 9.14 Å². The Morgan fingerprint density at radius 1 is 1.33 bits per heavy atom. The minimum atomic E-state index is -0.384. The van der Waals surface area contributed by atoms with Crippen molar-refractivity contribution in [3.05, 3.63) is 71.6 Å². The number of hydrogen-bond donors (Lipinski definition) is 0. The molecule has 2 heterocycles. The Morgan fingerprint density at radius 3 is 2.95 bits per heavy atom. The molecule has 21 heavy (non-hydrogen) atoms. The van der Waals surface area contributed by atoms with E-state index in [2.05, 4.69) is 4.98 Å². The van der Waals surface area contributed by atoms with E-state index in [-0.39, 0.29) is 11.8 Å². The number of fused-ring (bicyclic) bond motifs is 1. The van der Waals surface area contributed by atoms with E-state index in [1.54, 1.807) is 30.6 Å². The second-order valence-electron chi connectivity index (χ2n) is 4.68. The molecule has 5 heteroatoms. The number of hydrogen-bond acceptors (Lipinski definition) is 3. The molecule has 3 rings (SSSR count). The first-order chi connectivity index (χ1) is 10.2. The highest BCUT2D eigenvalue weighted by Crippen LogP contribution is 2.14. The smallest absolute Gasteiger partial charge is 0.337 e. The Balaban J connectivity index is 1.95. The van der Waals surface area contributed by atoms with E-state index in [9.17, 15) is 9.18 Å². The molecule has 0 N–H and O–H groups in total. The van der Waals surface area contributed by atoms with Crippen LogP contribution in [0, 0.1) is 5.82 Å². The van der Waals surface area contributed by atoms with Crippen molar-refractivity contribution in [2.24, 2.45) is 0 Å². The number of aromatic nitrogens is 2. The van der Waals surface area contributed by atoms with Crippen LogP contribution in [-0.4, -0.2) is 22.5 Å². The van der Waals surface area contributed by atoms with Crippen molar-refractivity contribution in [3.63, 3.8) is 0 Å².